The molecule has 0 aliphatic heterocycles. The van der Waals surface area contributed by atoms with E-state index >= 15 is 0 Å². The molecule has 0 heterocycles. The molecule has 15 heavy (non-hydrogen) atoms. The van der Waals surface area contributed by atoms with Gasteiger partial charge < -0.3 is 19.9 Å². The number of methoxy groups -OCH3 is 3. The third-order valence-corrected chi connectivity index (χ3v) is 2.23. The Morgan fingerprint density at radius 1 is 1.00 bits per heavy atom. The van der Waals surface area contributed by atoms with Gasteiger partial charge >= 0.3 is 0 Å². The molecule has 4 heteroatoms. The number of nitrogens with two attached hydrogens (primary N) is 1. The molecule has 0 aliphatic carbocycles. The molecule has 0 spiro atoms. The summed E-state index contributed by atoms with van der Waals surface area (Å²) < 4.78 is 15.7. The zero-order valence-corrected chi connectivity index (χ0v) is 9.53. The molecule has 4 nitrogen and oxygen atoms in total. The number of ether oxygens (including phenoxy) is 3. The van der Waals surface area contributed by atoms with E-state index in [-0.39, 0.29) is 6.04 Å². The van der Waals surface area contributed by atoms with E-state index in [4.69, 9.17) is 19.9 Å². The molecular formula is C11H17NO3. The number of hydrogen-bond donors (Lipinski definition) is 1. The first-order valence-corrected chi connectivity index (χ1v) is 4.70. The summed E-state index contributed by atoms with van der Waals surface area (Å²) in [7, 11) is 4.75. The molecule has 1 atom stereocenters. The Bertz CT molecular complexity index is 337. The maximum Gasteiger partial charge on any atom is 0.203 e. The van der Waals surface area contributed by atoms with Crippen molar-refractivity contribution in [2.45, 2.75) is 13.0 Å². The van der Waals surface area contributed by atoms with Gasteiger partial charge in [0.1, 0.15) is 0 Å². The minimum Gasteiger partial charge on any atom is -0.493 e. The Kier molecular flexibility index (Phi) is 3.80. The first kappa shape index (κ1) is 11.7. The Morgan fingerprint density at radius 2 is 1.60 bits per heavy atom. The number of rotatable bonds is 4. The van der Waals surface area contributed by atoms with Gasteiger partial charge in [-0.3, -0.25) is 0 Å². The van der Waals surface area contributed by atoms with E-state index in [0.717, 1.165) is 5.56 Å². The molecule has 1 rings (SSSR count). The number of hydrogen-bond acceptors (Lipinski definition) is 4. The molecule has 1 aromatic rings. The van der Waals surface area contributed by atoms with Crippen LogP contribution in [0.3, 0.4) is 0 Å². The van der Waals surface area contributed by atoms with E-state index in [1.165, 1.54) is 0 Å². The minimum absolute atomic E-state index is 0.111. The minimum atomic E-state index is -0.111. The van der Waals surface area contributed by atoms with Crippen molar-refractivity contribution in [3.63, 3.8) is 0 Å². The summed E-state index contributed by atoms with van der Waals surface area (Å²) in [6, 6.07) is 3.59. The molecule has 0 aliphatic rings. The van der Waals surface area contributed by atoms with Crippen molar-refractivity contribution in [3.05, 3.63) is 17.7 Å². The SMILES string of the molecule is COc1ccc(C(C)N)c(OC)c1OC. The van der Waals surface area contributed by atoms with Gasteiger partial charge in [-0.25, -0.2) is 0 Å². The summed E-state index contributed by atoms with van der Waals surface area (Å²) in [5.41, 5.74) is 6.73. The predicted octanol–water partition coefficient (Wildman–Crippen LogP) is 1.73. The highest BCUT2D eigenvalue weighted by atomic mass is 16.5. The topological polar surface area (TPSA) is 53.7 Å². The lowest BCUT2D eigenvalue weighted by Gasteiger charge is -2.17. The van der Waals surface area contributed by atoms with E-state index < -0.39 is 0 Å². The van der Waals surface area contributed by atoms with Crippen LogP contribution >= 0.6 is 0 Å². The lowest BCUT2D eigenvalue weighted by atomic mass is 10.1. The Hall–Kier alpha value is -1.42. The van der Waals surface area contributed by atoms with Crippen LogP contribution in [0.1, 0.15) is 18.5 Å². The van der Waals surface area contributed by atoms with E-state index in [2.05, 4.69) is 0 Å². The third-order valence-electron chi connectivity index (χ3n) is 2.23. The van der Waals surface area contributed by atoms with Gasteiger partial charge in [-0.1, -0.05) is 0 Å². The monoisotopic (exact) mass is 211 g/mol. The molecule has 0 saturated heterocycles. The molecule has 0 bridgehead atoms. The highest BCUT2D eigenvalue weighted by Gasteiger charge is 2.17. The second-order valence-corrected chi connectivity index (χ2v) is 3.21. The summed E-state index contributed by atoms with van der Waals surface area (Å²) in [4.78, 5) is 0. The molecule has 84 valence electrons. The smallest absolute Gasteiger partial charge is 0.203 e. The van der Waals surface area contributed by atoms with Gasteiger partial charge in [-0.15, -0.1) is 0 Å². The molecule has 0 fully saturated rings. The predicted molar refractivity (Wildman–Crippen MR) is 58.7 cm³/mol. The first-order valence-electron chi connectivity index (χ1n) is 4.70. The van der Waals surface area contributed by atoms with Crippen LogP contribution in [0.4, 0.5) is 0 Å². The lowest BCUT2D eigenvalue weighted by Crippen LogP contribution is -2.08. The van der Waals surface area contributed by atoms with E-state index in [1.54, 1.807) is 21.3 Å². The molecule has 1 aromatic carbocycles. The fourth-order valence-corrected chi connectivity index (χ4v) is 1.48. The molecule has 2 N–H and O–H groups in total. The van der Waals surface area contributed by atoms with Gasteiger partial charge in [0.05, 0.1) is 21.3 Å². The van der Waals surface area contributed by atoms with Crippen LogP contribution in [0.5, 0.6) is 17.2 Å². The molecule has 1 unspecified atom stereocenters. The van der Waals surface area contributed by atoms with Crippen LogP contribution in [0.2, 0.25) is 0 Å². The summed E-state index contributed by atoms with van der Waals surface area (Å²) in [6.45, 7) is 1.89. The quantitative estimate of drug-likeness (QED) is 0.824. The Balaban J connectivity index is 3.34. The van der Waals surface area contributed by atoms with Crippen molar-refractivity contribution in [2.75, 3.05) is 21.3 Å². The lowest BCUT2D eigenvalue weighted by molar-refractivity contribution is 0.321. The summed E-state index contributed by atoms with van der Waals surface area (Å²) in [5, 5.41) is 0. The third kappa shape index (κ3) is 2.15. The largest absolute Gasteiger partial charge is 0.493 e. The first-order chi connectivity index (χ1) is 7.15. The van der Waals surface area contributed by atoms with Crippen LogP contribution in [-0.4, -0.2) is 21.3 Å². The second-order valence-electron chi connectivity index (χ2n) is 3.21. The van der Waals surface area contributed by atoms with E-state index in [9.17, 15) is 0 Å². The Morgan fingerprint density at radius 3 is 2.00 bits per heavy atom. The standard InChI is InChI=1S/C11H17NO3/c1-7(12)8-5-6-9(13-2)11(15-4)10(8)14-3/h5-7H,12H2,1-4H3. The van der Waals surface area contributed by atoms with Gasteiger partial charge in [-0.05, 0) is 19.1 Å². The maximum atomic E-state index is 5.83. The van der Waals surface area contributed by atoms with Gasteiger partial charge in [0.25, 0.3) is 0 Å². The van der Waals surface area contributed by atoms with Gasteiger partial charge in [0.15, 0.2) is 11.5 Å². The van der Waals surface area contributed by atoms with Crippen molar-refractivity contribution in [1.29, 1.82) is 0 Å². The van der Waals surface area contributed by atoms with Gasteiger partial charge in [0.2, 0.25) is 5.75 Å². The summed E-state index contributed by atoms with van der Waals surface area (Å²) in [5.74, 6) is 1.85. The average Bonchev–Trinajstić information content (AvgIpc) is 2.26. The maximum absolute atomic E-state index is 5.83. The van der Waals surface area contributed by atoms with Crippen LogP contribution in [0.25, 0.3) is 0 Å². The Labute approximate surface area is 89.9 Å². The second kappa shape index (κ2) is 4.89. The summed E-state index contributed by atoms with van der Waals surface area (Å²) >= 11 is 0. The van der Waals surface area contributed by atoms with E-state index in [1.807, 2.05) is 19.1 Å². The zero-order chi connectivity index (χ0) is 11.4. The van der Waals surface area contributed by atoms with Crippen molar-refractivity contribution < 1.29 is 14.2 Å². The molecule has 0 amide bonds. The van der Waals surface area contributed by atoms with E-state index in [0.29, 0.717) is 17.2 Å². The fraction of sp³-hybridized carbons (Fsp3) is 0.455. The zero-order valence-electron chi connectivity index (χ0n) is 9.53. The highest BCUT2D eigenvalue weighted by Crippen LogP contribution is 2.41. The van der Waals surface area contributed by atoms with Crippen LogP contribution in [0, 0.1) is 0 Å². The number of benzene rings is 1. The molecular weight excluding hydrogens is 194 g/mol. The van der Waals surface area contributed by atoms with Crippen LogP contribution < -0.4 is 19.9 Å². The fourth-order valence-electron chi connectivity index (χ4n) is 1.48. The van der Waals surface area contributed by atoms with Crippen molar-refractivity contribution >= 4 is 0 Å². The van der Waals surface area contributed by atoms with Crippen LogP contribution in [0.15, 0.2) is 12.1 Å². The van der Waals surface area contributed by atoms with Gasteiger partial charge in [0, 0.05) is 11.6 Å². The molecule has 0 aromatic heterocycles. The average molecular weight is 211 g/mol. The van der Waals surface area contributed by atoms with Gasteiger partial charge in [-0.2, -0.15) is 0 Å². The van der Waals surface area contributed by atoms with Crippen LogP contribution in [-0.2, 0) is 0 Å². The summed E-state index contributed by atoms with van der Waals surface area (Å²) in [6.07, 6.45) is 0. The normalized spacial score (nSPS) is 12.1. The van der Waals surface area contributed by atoms with Crippen molar-refractivity contribution in [2.24, 2.45) is 5.73 Å². The van der Waals surface area contributed by atoms with Crippen molar-refractivity contribution in [1.82, 2.24) is 0 Å². The molecule has 0 radical (unpaired) electrons. The van der Waals surface area contributed by atoms with Crippen molar-refractivity contribution in [3.8, 4) is 17.2 Å². The highest BCUT2D eigenvalue weighted by molar-refractivity contribution is 5.56. The molecule has 0 saturated carbocycles.